The van der Waals surface area contributed by atoms with Crippen LogP contribution in [0.3, 0.4) is 0 Å². The average Bonchev–Trinajstić information content (AvgIpc) is 3.26. The van der Waals surface area contributed by atoms with E-state index in [2.05, 4.69) is 22.9 Å². The number of nitrogens with one attached hydrogen (secondary N) is 1. The molecule has 0 saturated heterocycles. The predicted octanol–water partition coefficient (Wildman–Crippen LogP) is 4.77. The van der Waals surface area contributed by atoms with Crippen LogP contribution < -0.4 is 5.32 Å². The van der Waals surface area contributed by atoms with Gasteiger partial charge in [-0.2, -0.15) is 0 Å². The van der Waals surface area contributed by atoms with Crippen molar-refractivity contribution in [2.45, 2.75) is 50.3 Å². The fourth-order valence-electron chi connectivity index (χ4n) is 1.77. The van der Waals surface area contributed by atoms with Gasteiger partial charge in [0, 0.05) is 10.9 Å². The number of ether oxygens (including phenoxy) is 1. The van der Waals surface area contributed by atoms with Crippen LogP contribution in [0.4, 0.5) is 0 Å². The van der Waals surface area contributed by atoms with Gasteiger partial charge in [-0.1, -0.05) is 29.3 Å². The Kier molecular flexibility index (Phi) is 7.62. The van der Waals surface area contributed by atoms with Crippen LogP contribution in [0.1, 0.15) is 43.1 Å². The van der Waals surface area contributed by atoms with Crippen molar-refractivity contribution in [1.29, 1.82) is 0 Å². The van der Waals surface area contributed by atoms with Crippen molar-refractivity contribution < 1.29 is 13.9 Å². The van der Waals surface area contributed by atoms with Crippen LogP contribution in [-0.2, 0) is 11.3 Å². The second-order valence-electron chi connectivity index (χ2n) is 5.81. The van der Waals surface area contributed by atoms with E-state index in [1.165, 1.54) is 19.1 Å². The molecular formula is C17H20Cl2N2O3S. The van der Waals surface area contributed by atoms with Crippen LogP contribution in [0, 0.1) is 0 Å². The lowest BCUT2D eigenvalue weighted by molar-refractivity contribution is 0.0371. The summed E-state index contributed by atoms with van der Waals surface area (Å²) in [5, 5.41) is 4.44. The second kappa shape index (κ2) is 9.48. The Labute approximate surface area is 162 Å². The van der Waals surface area contributed by atoms with Gasteiger partial charge in [0.25, 0.3) is 0 Å². The molecule has 1 aromatic heterocycles. The first kappa shape index (κ1) is 20.1. The summed E-state index contributed by atoms with van der Waals surface area (Å²) >= 11 is 15.4. The summed E-state index contributed by atoms with van der Waals surface area (Å²) in [6.45, 7) is 4.17. The second-order valence-corrected chi connectivity index (χ2v) is 7.07. The zero-order valence-corrected chi connectivity index (χ0v) is 16.4. The maximum atomic E-state index is 11.5. The lowest BCUT2D eigenvalue weighted by Gasteiger charge is -2.04. The van der Waals surface area contributed by atoms with Gasteiger partial charge in [0.1, 0.15) is 6.26 Å². The van der Waals surface area contributed by atoms with Crippen LogP contribution in [0.25, 0.3) is 0 Å². The highest BCUT2D eigenvalue weighted by molar-refractivity contribution is 7.80. The highest BCUT2D eigenvalue weighted by Crippen LogP contribution is 2.26. The van der Waals surface area contributed by atoms with Crippen LogP contribution >= 0.6 is 35.8 Å². The molecule has 0 amide bonds. The molecule has 1 aliphatic rings. The summed E-state index contributed by atoms with van der Waals surface area (Å²) in [7, 11) is 0. The van der Waals surface area contributed by atoms with Crippen molar-refractivity contribution in [3.63, 3.8) is 0 Å². The molecule has 0 aliphatic heterocycles. The smallest absolute Gasteiger partial charge is 0.360 e. The van der Waals surface area contributed by atoms with E-state index in [9.17, 15) is 4.79 Å². The average molecular weight is 403 g/mol. The zero-order valence-electron chi connectivity index (χ0n) is 14.0. The molecule has 2 aromatic rings. The van der Waals surface area contributed by atoms with E-state index in [0.29, 0.717) is 33.4 Å². The number of esters is 1. The normalized spacial score (nSPS) is 13.4. The molecule has 0 radical (unpaired) electrons. The van der Waals surface area contributed by atoms with Gasteiger partial charge >= 0.3 is 5.97 Å². The van der Waals surface area contributed by atoms with Crippen molar-refractivity contribution in [1.82, 2.24) is 10.3 Å². The maximum absolute atomic E-state index is 11.5. The number of hydrogen-bond acceptors (Lipinski definition) is 6. The third-order valence-electron chi connectivity index (χ3n) is 3.16. The summed E-state index contributed by atoms with van der Waals surface area (Å²) in [6.07, 6.45) is 3.62. The van der Waals surface area contributed by atoms with E-state index in [1.54, 1.807) is 32.0 Å². The van der Waals surface area contributed by atoms with Crippen LogP contribution in [0.2, 0.25) is 10.0 Å². The summed E-state index contributed by atoms with van der Waals surface area (Å²) in [6, 6.07) is 5.87. The van der Waals surface area contributed by atoms with Crippen molar-refractivity contribution in [2.75, 3.05) is 0 Å². The van der Waals surface area contributed by atoms with Gasteiger partial charge in [0.15, 0.2) is 5.69 Å². The predicted molar refractivity (Wildman–Crippen MR) is 101 cm³/mol. The molecule has 1 N–H and O–H groups in total. The summed E-state index contributed by atoms with van der Waals surface area (Å²) in [5.74, 6) is 0.0963. The van der Waals surface area contributed by atoms with Crippen molar-refractivity contribution in [3.8, 4) is 0 Å². The van der Waals surface area contributed by atoms with E-state index >= 15 is 0 Å². The molecule has 0 spiro atoms. The van der Waals surface area contributed by atoms with Gasteiger partial charge in [-0.3, -0.25) is 0 Å². The minimum Gasteiger partial charge on any atom is -0.458 e. The third-order valence-corrected chi connectivity index (χ3v) is 4.54. The number of benzene rings is 1. The first-order chi connectivity index (χ1) is 11.9. The molecule has 1 saturated carbocycles. The Hall–Kier alpha value is -1.21. The molecule has 136 valence electrons. The van der Waals surface area contributed by atoms with Crippen molar-refractivity contribution in [2.24, 2.45) is 0 Å². The van der Waals surface area contributed by atoms with Gasteiger partial charge in [-0.05, 0) is 38.8 Å². The fourth-order valence-corrected chi connectivity index (χ4v) is 2.31. The Bertz CT molecular complexity index is 697. The molecule has 5 nitrogen and oxygen atoms in total. The topological polar surface area (TPSA) is 64.4 Å². The highest BCUT2D eigenvalue weighted by Gasteiger charge is 2.21. The van der Waals surface area contributed by atoms with Crippen molar-refractivity contribution in [3.05, 3.63) is 46.1 Å². The molecule has 3 rings (SSSR count). The fraction of sp³-hybridized carbons (Fsp3) is 0.412. The van der Waals surface area contributed by atoms with E-state index in [1.807, 2.05) is 0 Å². The Balaban J connectivity index is 0.000000212. The van der Waals surface area contributed by atoms with E-state index in [0.717, 1.165) is 0 Å². The number of rotatable bonds is 5. The van der Waals surface area contributed by atoms with Gasteiger partial charge in [-0.15, -0.1) is 12.6 Å². The van der Waals surface area contributed by atoms with Crippen LogP contribution in [0.15, 0.2) is 33.8 Å². The minimum absolute atomic E-state index is 0.141. The SMILES string of the molecule is CC(C)OC(=O)c1coc(CNC2CC2)n1.Sc1c(Cl)cccc1Cl. The number of carbonyl (C=O) groups is 1. The van der Waals surface area contributed by atoms with Gasteiger partial charge in [-0.25, -0.2) is 9.78 Å². The third kappa shape index (κ3) is 6.90. The lowest BCUT2D eigenvalue weighted by Crippen LogP contribution is -2.16. The summed E-state index contributed by atoms with van der Waals surface area (Å²) in [5.41, 5.74) is 0.237. The summed E-state index contributed by atoms with van der Waals surface area (Å²) in [4.78, 5) is 16.2. The first-order valence-corrected chi connectivity index (χ1v) is 9.09. The number of halogens is 2. The molecule has 1 aliphatic carbocycles. The van der Waals surface area contributed by atoms with E-state index in [-0.39, 0.29) is 11.8 Å². The number of oxazole rings is 1. The molecular weight excluding hydrogens is 383 g/mol. The molecule has 25 heavy (non-hydrogen) atoms. The molecule has 8 heteroatoms. The number of hydrogen-bond donors (Lipinski definition) is 2. The van der Waals surface area contributed by atoms with Gasteiger partial charge in [0.05, 0.1) is 22.7 Å². The van der Waals surface area contributed by atoms with Crippen LogP contribution in [0.5, 0.6) is 0 Å². The standard InChI is InChI=1S/C11H16N2O3.C6H4Cl2S/c1-7(2)16-11(14)9-6-15-10(13-9)5-12-8-3-4-8;7-4-2-1-3-5(8)6(4)9/h6-8,12H,3-5H2,1-2H3;1-3,9H. The van der Waals surface area contributed by atoms with Gasteiger partial charge in [0.2, 0.25) is 5.89 Å². The van der Waals surface area contributed by atoms with E-state index < -0.39 is 5.97 Å². The summed E-state index contributed by atoms with van der Waals surface area (Å²) < 4.78 is 10.2. The van der Waals surface area contributed by atoms with Gasteiger partial charge < -0.3 is 14.5 Å². The number of nitrogens with zero attached hydrogens (tertiary/aromatic N) is 1. The number of thiol groups is 1. The molecule has 0 atom stereocenters. The van der Waals surface area contributed by atoms with Crippen LogP contribution in [-0.4, -0.2) is 23.1 Å². The Morgan fingerprint density at radius 3 is 2.56 bits per heavy atom. The zero-order chi connectivity index (χ0) is 18.4. The molecule has 0 bridgehead atoms. The quantitative estimate of drug-likeness (QED) is 0.556. The van der Waals surface area contributed by atoms with Crippen molar-refractivity contribution >= 4 is 41.8 Å². The first-order valence-electron chi connectivity index (χ1n) is 7.88. The molecule has 1 heterocycles. The molecule has 0 unspecified atom stereocenters. The highest BCUT2D eigenvalue weighted by atomic mass is 35.5. The Morgan fingerprint density at radius 1 is 1.40 bits per heavy atom. The molecule has 1 fully saturated rings. The monoisotopic (exact) mass is 402 g/mol. The number of carbonyl (C=O) groups excluding carboxylic acids is 1. The molecule has 1 aromatic carbocycles. The largest absolute Gasteiger partial charge is 0.458 e. The maximum Gasteiger partial charge on any atom is 0.360 e. The van der Waals surface area contributed by atoms with E-state index in [4.69, 9.17) is 32.4 Å². The lowest BCUT2D eigenvalue weighted by atomic mass is 10.4. The Morgan fingerprint density at radius 2 is 2.04 bits per heavy atom. The number of aromatic nitrogens is 1. The minimum atomic E-state index is -0.434.